The summed E-state index contributed by atoms with van der Waals surface area (Å²) < 4.78 is 35.2. The smallest absolute Gasteiger partial charge is 0.395 e. The molecule has 6 nitrogen and oxygen atoms in total. The number of benzene rings is 1. The minimum absolute atomic E-state index is 0.0495. The number of ether oxygens (including phenoxy) is 2. The highest BCUT2D eigenvalue weighted by atomic mass is 32.1. The van der Waals surface area contributed by atoms with Crippen molar-refractivity contribution in [3.63, 3.8) is 0 Å². The van der Waals surface area contributed by atoms with Gasteiger partial charge in [0.1, 0.15) is 0 Å². The van der Waals surface area contributed by atoms with Gasteiger partial charge >= 0.3 is 6.29 Å². The van der Waals surface area contributed by atoms with Gasteiger partial charge in [0.25, 0.3) is 0 Å². The van der Waals surface area contributed by atoms with Crippen LogP contribution >= 0.6 is 11.3 Å². The summed E-state index contributed by atoms with van der Waals surface area (Å²) in [5.74, 6) is -0.409. The molecule has 1 aliphatic carbocycles. The third-order valence-corrected chi connectivity index (χ3v) is 4.31. The number of alkyl halides is 2. The van der Waals surface area contributed by atoms with E-state index in [1.165, 1.54) is 12.1 Å². The molecule has 110 valence electrons. The molecular formula is C12H9F2N3O3S. The van der Waals surface area contributed by atoms with Gasteiger partial charge in [-0.25, -0.2) is 4.98 Å². The van der Waals surface area contributed by atoms with Crippen molar-refractivity contribution in [1.29, 1.82) is 0 Å². The van der Waals surface area contributed by atoms with E-state index in [0.29, 0.717) is 28.2 Å². The van der Waals surface area contributed by atoms with Crippen LogP contribution in [0.3, 0.4) is 0 Å². The number of amides is 1. The Balaban J connectivity index is 1.65. The van der Waals surface area contributed by atoms with Gasteiger partial charge in [0, 0.05) is 12.1 Å². The molecule has 1 saturated carbocycles. The quantitative estimate of drug-likeness (QED) is 0.886. The number of thiazole rings is 1. The van der Waals surface area contributed by atoms with Crippen molar-refractivity contribution in [2.45, 2.75) is 24.7 Å². The molecule has 1 aliphatic heterocycles. The van der Waals surface area contributed by atoms with E-state index in [-0.39, 0.29) is 17.4 Å². The van der Waals surface area contributed by atoms with Crippen LogP contribution in [0.2, 0.25) is 0 Å². The summed E-state index contributed by atoms with van der Waals surface area (Å²) in [5.41, 5.74) is 5.43. The zero-order chi connectivity index (χ0) is 14.8. The zero-order valence-electron chi connectivity index (χ0n) is 10.5. The number of hydrogen-bond acceptors (Lipinski definition) is 6. The van der Waals surface area contributed by atoms with Crippen molar-refractivity contribution in [1.82, 2.24) is 4.98 Å². The molecule has 21 heavy (non-hydrogen) atoms. The lowest BCUT2D eigenvalue weighted by molar-refractivity contribution is -0.286. The fourth-order valence-electron chi connectivity index (χ4n) is 2.01. The molecule has 0 atom stereocenters. The van der Waals surface area contributed by atoms with E-state index >= 15 is 0 Å². The highest BCUT2D eigenvalue weighted by molar-refractivity contribution is 7.22. The van der Waals surface area contributed by atoms with Crippen LogP contribution in [0, 0.1) is 0 Å². The Kier molecular flexibility index (Phi) is 2.30. The minimum Gasteiger partial charge on any atom is -0.395 e. The van der Waals surface area contributed by atoms with Crippen LogP contribution in [-0.4, -0.2) is 22.7 Å². The van der Waals surface area contributed by atoms with Crippen LogP contribution in [0.1, 0.15) is 12.8 Å². The Morgan fingerprint density at radius 2 is 2.00 bits per heavy atom. The molecule has 3 N–H and O–H groups in total. The summed E-state index contributed by atoms with van der Waals surface area (Å²) in [6.07, 6.45) is -2.36. The first-order valence-corrected chi connectivity index (χ1v) is 6.97. The number of nitrogens with zero attached hydrogens (tertiary/aromatic N) is 1. The largest absolute Gasteiger partial charge is 0.586 e. The van der Waals surface area contributed by atoms with Gasteiger partial charge < -0.3 is 20.5 Å². The number of carbonyl (C=O) groups excluding carboxylic acids is 1. The molecule has 0 saturated heterocycles. The third-order valence-electron chi connectivity index (χ3n) is 3.37. The van der Waals surface area contributed by atoms with Crippen molar-refractivity contribution >= 4 is 32.6 Å². The van der Waals surface area contributed by atoms with E-state index in [9.17, 15) is 13.6 Å². The Labute approximate surface area is 120 Å². The molecule has 0 unspecified atom stereocenters. The molecule has 2 aliphatic rings. The Morgan fingerprint density at radius 1 is 1.33 bits per heavy atom. The average Bonchev–Trinajstić information content (AvgIpc) is 2.89. The summed E-state index contributed by atoms with van der Waals surface area (Å²) in [6, 6.07) is 2.77. The van der Waals surface area contributed by atoms with Crippen molar-refractivity contribution in [2.24, 2.45) is 5.73 Å². The van der Waals surface area contributed by atoms with Gasteiger partial charge in [-0.1, -0.05) is 11.3 Å². The van der Waals surface area contributed by atoms with Crippen LogP contribution in [-0.2, 0) is 4.79 Å². The number of halogens is 2. The van der Waals surface area contributed by atoms with Gasteiger partial charge in [-0.05, 0) is 12.8 Å². The number of nitrogens with one attached hydrogen (secondary N) is 1. The Morgan fingerprint density at radius 3 is 2.67 bits per heavy atom. The lowest BCUT2D eigenvalue weighted by Gasteiger charge is -2.06. The highest BCUT2D eigenvalue weighted by Gasteiger charge is 2.46. The van der Waals surface area contributed by atoms with Gasteiger partial charge in [-0.2, -0.15) is 0 Å². The zero-order valence-corrected chi connectivity index (χ0v) is 11.3. The normalized spacial score (nSPS) is 20.5. The van der Waals surface area contributed by atoms with E-state index in [2.05, 4.69) is 19.8 Å². The summed E-state index contributed by atoms with van der Waals surface area (Å²) in [5, 5.41) is 3.00. The molecule has 2 aromatic rings. The Hall–Kier alpha value is -2.00. The maximum Gasteiger partial charge on any atom is 0.586 e. The van der Waals surface area contributed by atoms with E-state index < -0.39 is 11.8 Å². The van der Waals surface area contributed by atoms with E-state index in [1.54, 1.807) is 0 Å². The minimum atomic E-state index is -3.65. The fourth-order valence-corrected chi connectivity index (χ4v) is 2.88. The predicted octanol–water partition coefficient (Wildman–Crippen LogP) is 2.05. The second kappa shape index (κ2) is 3.80. The molecular weight excluding hydrogens is 304 g/mol. The SMILES string of the molecule is NC1(C(=O)Nc2nc3cc4c(cc3s2)OC(F)(F)O4)CC1. The first kappa shape index (κ1) is 12.7. The van der Waals surface area contributed by atoms with Crippen molar-refractivity contribution in [3.05, 3.63) is 12.1 Å². The molecule has 1 aromatic heterocycles. The molecule has 1 aromatic carbocycles. The van der Waals surface area contributed by atoms with Crippen LogP contribution < -0.4 is 20.5 Å². The molecule has 0 bridgehead atoms. The van der Waals surface area contributed by atoms with Gasteiger partial charge in [0.15, 0.2) is 16.6 Å². The van der Waals surface area contributed by atoms with Gasteiger partial charge in [-0.3, -0.25) is 4.79 Å². The molecule has 0 spiro atoms. The first-order chi connectivity index (χ1) is 9.85. The topological polar surface area (TPSA) is 86.5 Å². The van der Waals surface area contributed by atoms with Crippen LogP contribution in [0.15, 0.2) is 12.1 Å². The number of anilines is 1. The van der Waals surface area contributed by atoms with Crippen LogP contribution in [0.25, 0.3) is 10.2 Å². The predicted molar refractivity (Wildman–Crippen MR) is 70.6 cm³/mol. The lowest BCUT2D eigenvalue weighted by atomic mass is 10.3. The number of carbonyl (C=O) groups is 1. The van der Waals surface area contributed by atoms with Crippen LogP contribution in [0.5, 0.6) is 11.5 Å². The monoisotopic (exact) mass is 313 g/mol. The molecule has 2 heterocycles. The average molecular weight is 313 g/mol. The summed E-state index contributed by atoms with van der Waals surface area (Å²) in [4.78, 5) is 16.0. The summed E-state index contributed by atoms with van der Waals surface area (Å²) in [7, 11) is 0. The Bertz CT molecular complexity index is 727. The molecule has 1 amide bonds. The number of rotatable bonds is 2. The van der Waals surface area contributed by atoms with Crippen molar-refractivity contribution < 1.29 is 23.0 Å². The number of nitrogens with two attached hydrogens (primary N) is 1. The van der Waals surface area contributed by atoms with Crippen molar-refractivity contribution in [2.75, 3.05) is 5.32 Å². The molecule has 9 heteroatoms. The van der Waals surface area contributed by atoms with E-state index in [4.69, 9.17) is 5.73 Å². The maximum absolute atomic E-state index is 13.0. The number of aromatic nitrogens is 1. The molecule has 0 radical (unpaired) electrons. The molecule has 4 rings (SSSR count). The van der Waals surface area contributed by atoms with E-state index in [1.807, 2.05) is 0 Å². The molecule has 1 fully saturated rings. The van der Waals surface area contributed by atoms with Gasteiger partial charge in [0.05, 0.1) is 15.8 Å². The van der Waals surface area contributed by atoms with E-state index in [0.717, 1.165) is 11.3 Å². The second-order valence-corrected chi connectivity index (χ2v) is 6.09. The highest BCUT2D eigenvalue weighted by Crippen LogP contribution is 2.44. The number of fused-ring (bicyclic) bond motifs is 2. The summed E-state index contributed by atoms with van der Waals surface area (Å²) >= 11 is 1.16. The summed E-state index contributed by atoms with van der Waals surface area (Å²) in [6.45, 7) is 0. The lowest BCUT2D eigenvalue weighted by Crippen LogP contribution is -2.37. The second-order valence-electron chi connectivity index (χ2n) is 5.06. The van der Waals surface area contributed by atoms with Gasteiger partial charge in [-0.15, -0.1) is 8.78 Å². The maximum atomic E-state index is 13.0. The third kappa shape index (κ3) is 2.09. The first-order valence-electron chi connectivity index (χ1n) is 6.15. The standard InChI is InChI=1S/C12H9F2N3O3S/c13-12(14)19-6-3-5-8(4-7(6)20-12)21-10(16-5)17-9(18)11(15)1-2-11/h3-4H,1-2,15H2,(H,16,17,18). The fraction of sp³-hybridized carbons (Fsp3) is 0.333. The number of hydrogen-bond donors (Lipinski definition) is 2. The van der Waals surface area contributed by atoms with Gasteiger partial charge in [0.2, 0.25) is 5.91 Å². The van der Waals surface area contributed by atoms with Crippen molar-refractivity contribution in [3.8, 4) is 11.5 Å². The van der Waals surface area contributed by atoms with Crippen LogP contribution in [0.4, 0.5) is 13.9 Å².